The largest absolute Gasteiger partial charge is 0.288 e. The smallest absolute Gasteiger partial charge is 0.195 e. The molecule has 0 aliphatic heterocycles. The summed E-state index contributed by atoms with van der Waals surface area (Å²) in [6, 6.07) is 8.51. The maximum absolute atomic E-state index is 11.8. The lowest BCUT2D eigenvalue weighted by molar-refractivity contribution is 0.105. The van der Waals surface area contributed by atoms with Gasteiger partial charge in [0.25, 0.3) is 0 Å². The van der Waals surface area contributed by atoms with E-state index >= 15 is 0 Å². The van der Waals surface area contributed by atoms with Crippen molar-refractivity contribution in [3.63, 3.8) is 0 Å². The molecule has 0 radical (unpaired) electrons. The molecule has 0 aliphatic rings. The highest BCUT2D eigenvalue weighted by molar-refractivity contribution is 7.18. The number of halogens is 3. The zero-order chi connectivity index (χ0) is 13.1. The number of ketones is 1. The van der Waals surface area contributed by atoms with Crippen molar-refractivity contribution in [2.75, 3.05) is 0 Å². The number of allylic oxidation sites excluding steroid dienone is 1. The molecule has 18 heavy (non-hydrogen) atoms. The Morgan fingerprint density at radius 2 is 1.89 bits per heavy atom. The van der Waals surface area contributed by atoms with E-state index < -0.39 is 0 Å². The molecule has 2 rings (SSSR count). The van der Waals surface area contributed by atoms with Crippen LogP contribution in [-0.2, 0) is 0 Å². The highest BCUT2D eigenvalue weighted by Gasteiger charge is 2.05. The predicted octanol–water partition coefficient (Wildman–Crippen LogP) is 5.60. The number of carbonyl (C=O) groups excluding carboxylic acids is 1. The van der Waals surface area contributed by atoms with E-state index in [1.165, 1.54) is 17.4 Å². The fourth-order valence-electron chi connectivity index (χ4n) is 1.33. The Balaban J connectivity index is 2.18. The van der Waals surface area contributed by atoms with Gasteiger partial charge in [0.05, 0.1) is 9.21 Å². The molecule has 0 unspecified atom stereocenters. The summed E-state index contributed by atoms with van der Waals surface area (Å²) in [5.41, 5.74) is 0.747. The van der Waals surface area contributed by atoms with Crippen LogP contribution >= 0.6 is 46.1 Å². The molecule has 2 aromatic rings. The monoisotopic (exact) mass is 316 g/mol. The van der Waals surface area contributed by atoms with Crippen molar-refractivity contribution in [1.29, 1.82) is 0 Å². The zero-order valence-electron chi connectivity index (χ0n) is 8.99. The highest BCUT2D eigenvalue weighted by atomic mass is 35.5. The van der Waals surface area contributed by atoms with E-state index in [1.54, 1.807) is 36.4 Å². The molecular weight excluding hydrogens is 311 g/mol. The molecule has 0 saturated carbocycles. The molecular formula is C13H7Cl3OS. The normalized spacial score (nSPS) is 11.1. The first kappa shape index (κ1) is 13.6. The average molecular weight is 318 g/mol. The van der Waals surface area contributed by atoms with Crippen LogP contribution in [0.5, 0.6) is 0 Å². The fraction of sp³-hybridized carbons (Fsp3) is 0. The van der Waals surface area contributed by atoms with Gasteiger partial charge in [-0.25, -0.2) is 0 Å². The molecule has 0 N–H and O–H groups in total. The van der Waals surface area contributed by atoms with Crippen LogP contribution in [0.4, 0.5) is 0 Å². The summed E-state index contributed by atoms with van der Waals surface area (Å²) >= 11 is 18.8. The van der Waals surface area contributed by atoms with Gasteiger partial charge >= 0.3 is 0 Å². The Bertz CT molecular complexity index is 616. The molecule has 0 fully saturated rings. The minimum atomic E-state index is -0.0992. The molecule has 0 spiro atoms. The van der Waals surface area contributed by atoms with Crippen molar-refractivity contribution in [3.8, 4) is 0 Å². The van der Waals surface area contributed by atoms with E-state index in [9.17, 15) is 4.79 Å². The number of carbonyl (C=O) groups is 1. The number of thiophene rings is 1. The number of hydrogen-bond donors (Lipinski definition) is 0. The Morgan fingerprint density at radius 1 is 1.11 bits per heavy atom. The maximum atomic E-state index is 11.8. The van der Waals surface area contributed by atoms with Crippen molar-refractivity contribution in [3.05, 3.63) is 61.2 Å². The molecule has 5 heteroatoms. The van der Waals surface area contributed by atoms with Crippen LogP contribution in [0.1, 0.15) is 15.2 Å². The second kappa shape index (κ2) is 5.89. The summed E-state index contributed by atoms with van der Waals surface area (Å²) in [7, 11) is 0. The lowest BCUT2D eigenvalue weighted by atomic mass is 10.2. The highest BCUT2D eigenvalue weighted by Crippen LogP contribution is 2.24. The van der Waals surface area contributed by atoms with Gasteiger partial charge in [-0.1, -0.05) is 40.9 Å². The minimum absolute atomic E-state index is 0.0992. The molecule has 1 nitrogen and oxygen atoms in total. The van der Waals surface area contributed by atoms with Gasteiger partial charge in [0.2, 0.25) is 0 Å². The van der Waals surface area contributed by atoms with E-state index in [0.29, 0.717) is 19.3 Å². The topological polar surface area (TPSA) is 17.1 Å². The Hall–Kier alpha value is -0.800. The lowest BCUT2D eigenvalue weighted by Gasteiger charge is -1.98. The first-order valence-corrected chi connectivity index (χ1v) is 6.94. The van der Waals surface area contributed by atoms with Crippen molar-refractivity contribution in [1.82, 2.24) is 0 Å². The van der Waals surface area contributed by atoms with Gasteiger partial charge in [0, 0.05) is 10.0 Å². The first-order valence-electron chi connectivity index (χ1n) is 4.99. The minimum Gasteiger partial charge on any atom is -0.288 e. The summed E-state index contributed by atoms with van der Waals surface area (Å²) in [5.74, 6) is -0.0992. The van der Waals surface area contributed by atoms with E-state index in [0.717, 1.165) is 5.56 Å². The van der Waals surface area contributed by atoms with Crippen molar-refractivity contribution < 1.29 is 4.79 Å². The van der Waals surface area contributed by atoms with Gasteiger partial charge in [-0.05, 0) is 42.0 Å². The summed E-state index contributed by atoms with van der Waals surface area (Å²) in [6.07, 6.45) is 3.13. The summed E-state index contributed by atoms with van der Waals surface area (Å²) in [6.45, 7) is 0. The number of rotatable bonds is 3. The van der Waals surface area contributed by atoms with E-state index in [-0.39, 0.29) is 5.78 Å². The Kier molecular flexibility index (Phi) is 4.46. The molecule has 0 atom stereocenters. The molecule has 1 heterocycles. The van der Waals surface area contributed by atoms with Crippen molar-refractivity contribution >= 4 is 58.0 Å². The first-order chi connectivity index (χ1) is 8.56. The van der Waals surface area contributed by atoms with Crippen LogP contribution in [0.3, 0.4) is 0 Å². The second-order valence-electron chi connectivity index (χ2n) is 3.47. The standard InChI is InChI=1S/C13H7Cl3OS/c14-9-3-1-8(10(15)7-9)2-4-11(17)12-5-6-13(16)18-12/h1-7H/b4-2+. The SMILES string of the molecule is O=C(/C=C/c1ccc(Cl)cc1Cl)c1ccc(Cl)s1. The number of hydrogen-bond acceptors (Lipinski definition) is 2. The van der Waals surface area contributed by atoms with E-state index in [1.807, 2.05) is 0 Å². The summed E-state index contributed by atoms with van der Waals surface area (Å²) in [4.78, 5) is 12.4. The van der Waals surface area contributed by atoms with Gasteiger partial charge in [-0.2, -0.15) is 0 Å². The predicted molar refractivity (Wildman–Crippen MR) is 79.2 cm³/mol. The van der Waals surface area contributed by atoms with Crippen LogP contribution in [0.15, 0.2) is 36.4 Å². The quantitative estimate of drug-likeness (QED) is 0.531. The van der Waals surface area contributed by atoms with Crippen LogP contribution in [0.2, 0.25) is 14.4 Å². The van der Waals surface area contributed by atoms with Gasteiger partial charge in [0.1, 0.15) is 0 Å². The summed E-state index contributed by atoms with van der Waals surface area (Å²) < 4.78 is 0.594. The fourth-order valence-corrected chi connectivity index (χ4v) is 2.77. The Labute approximate surface area is 124 Å². The van der Waals surface area contributed by atoms with Crippen LogP contribution in [0, 0.1) is 0 Å². The molecule has 0 saturated heterocycles. The average Bonchev–Trinajstić information content (AvgIpc) is 2.74. The third kappa shape index (κ3) is 3.36. The third-order valence-corrected chi connectivity index (χ3v) is 4.00. The van der Waals surface area contributed by atoms with Gasteiger partial charge in [0.15, 0.2) is 5.78 Å². The van der Waals surface area contributed by atoms with E-state index in [4.69, 9.17) is 34.8 Å². The molecule has 0 bridgehead atoms. The van der Waals surface area contributed by atoms with Crippen LogP contribution in [-0.4, -0.2) is 5.78 Å². The molecule has 0 aliphatic carbocycles. The van der Waals surface area contributed by atoms with Gasteiger partial charge < -0.3 is 0 Å². The van der Waals surface area contributed by atoms with E-state index in [2.05, 4.69) is 0 Å². The third-order valence-electron chi connectivity index (χ3n) is 2.19. The van der Waals surface area contributed by atoms with Gasteiger partial charge in [-0.15, -0.1) is 11.3 Å². The Morgan fingerprint density at radius 3 is 2.50 bits per heavy atom. The molecule has 0 amide bonds. The maximum Gasteiger partial charge on any atom is 0.195 e. The van der Waals surface area contributed by atoms with Crippen LogP contribution < -0.4 is 0 Å². The molecule has 92 valence electrons. The molecule has 1 aromatic heterocycles. The summed E-state index contributed by atoms with van der Waals surface area (Å²) in [5, 5.41) is 1.07. The molecule has 1 aromatic carbocycles. The zero-order valence-corrected chi connectivity index (χ0v) is 12.1. The van der Waals surface area contributed by atoms with Crippen molar-refractivity contribution in [2.24, 2.45) is 0 Å². The van der Waals surface area contributed by atoms with Gasteiger partial charge in [-0.3, -0.25) is 4.79 Å². The van der Waals surface area contributed by atoms with Crippen molar-refractivity contribution in [2.45, 2.75) is 0 Å². The number of benzene rings is 1. The van der Waals surface area contributed by atoms with Crippen LogP contribution in [0.25, 0.3) is 6.08 Å². The lowest BCUT2D eigenvalue weighted by Crippen LogP contribution is -1.88. The second-order valence-corrected chi connectivity index (χ2v) is 6.03.